The number of primary amides is 1. The molecule has 0 aromatic heterocycles. The average molecular weight is 485 g/mol. The van der Waals surface area contributed by atoms with Crippen LogP contribution in [-0.4, -0.2) is 66.7 Å². The van der Waals surface area contributed by atoms with E-state index in [1.807, 2.05) is 6.92 Å². The summed E-state index contributed by atoms with van der Waals surface area (Å²) in [6.07, 6.45) is 1.15. The summed E-state index contributed by atoms with van der Waals surface area (Å²) in [5, 5.41) is 10.5. The SMILES string of the molecule is CCNC(=O)[C@H](CCCN=C(N)N)NC(=O)[C@@H](NC(=O)[C@H](CCC(N)=O)NC(C)=O)[C@@H](C)CC. The highest BCUT2D eigenvalue weighted by atomic mass is 16.2. The smallest absolute Gasteiger partial charge is 0.243 e. The van der Waals surface area contributed by atoms with E-state index in [1.54, 1.807) is 13.8 Å². The van der Waals surface area contributed by atoms with Crippen LogP contribution in [-0.2, 0) is 24.0 Å². The molecule has 5 amide bonds. The van der Waals surface area contributed by atoms with Crippen LogP contribution in [0.1, 0.15) is 59.8 Å². The molecule has 13 nitrogen and oxygen atoms in total. The molecule has 0 radical (unpaired) electrons. The van der Waals surface area contributed by atoms with Gasteiger partial charge in [0.05, 0.1) is 0 Å². The third-order valence-corrected chi connectivity index (χ3v) is 5.10. The van der Waals surface area contributed by atoms with Crippen LogP contribution in [0.25, 0.3) is 0 Å². The van der Waals surface area contributed by atoms with Crippen LogP contribution >= 0.6 is 0 Å². The first kappa shape index (κ1) is 30.6. The number of carbonyl (C=O) groups is 5. The molecule has 0 saturated heterocycles. The lowest BCUT2D eigenvalue weighted by Gasteiger charge is -2.28. The lowest BCUT2D eigenvalue weighted by Crippen LogP contribution is -2.58. The molecule has 0 heterocycles. The largest absolute Gasteiger partial charge is 0.370 e. The Morgan fingerprint density at radius 2 is 1.47 bits per heavy atom. The number of likely N-dealkylation sites (N-methyl/N-ethyl adjacent to an activating group) is 1. The van der Waals surface area contributed by atoms with Crippen LogP contribution in [0.2, 0.25) is 0 Å². The fourth-order valence-electron chi connectivity index (χ4n) is 3.09. The summed E-state index contributed by atoms with van der Waals surface area (Å²) < 4.78 is 0. The van der Waals surface area contributed by atoms with Crippen molar-refractivity contribution in [2.45, 2.75) is 77.9 Å². The minimum atomic E-state index is -1.04. The number of rotatable bonds is 16. The van der Waals surface area contributed by atoms with Crippen molar-refractivity contribution in [1.29, 1.82) is 0 Å². The molecular formula is C21H40N8O5. The summed E-state index contributed by atoms with van der Waals surface area (Å²) in [5.41, 5.74) is 15.8. The van der Waals surface area contributed by atoms with Gasteiger partial charge < -0.3 is 38.5 Å². The summed E-state index contributed by atoms with van der Waals surface area (Å²) in [5.74, 6) is -2.97. The van der Waals surface area contributed by atoms with Crippen LogP contribution in [0.3, 0.4) is 0 Å². The Labute approximate surface area is 200 Å². The molecule has 0 unspecified atom stereocenters. The number of nitrogens with two attached hydrogens (primary N) is 3. The zero-order valence-corrected chi connectivity index (χ0v) is 20.5. The van der Waals surface area contributed by atoms with Gasteiger partial charge in [-0.2, -0.15) is 0 Å². The minimum absolute atomic E-state index is 0.0120. The Bertz CT molecular complexity index is 739. The van der Waals surface area contributed by atoms with Gasteiger partial charge in [0, 0.05) is 26.4 Å². The Hall–Kier alpha value is -3.38. The highest BCUT2D eigenvalue weighted by Crippen LogP contribution is 2.11. The number of aliphatic imine (C=N–C) groups is 1. The van der Waals surface area contributed by atoms with Crippen LogP contribution in [0.15, 0.2) is 4.99 Å². The maximum atomic E-state index is 13.1. The molecule has 0 bridgehead atoms. The molecule has 194 valence electrons. The van der Waals surface area contributed by atoms with Gasteiger partial charge in [-0.05, 0) is 32.1 Å². The summed E-state index contributed by atoms with van der Waals surface area (Å²) in [6.45, 7) is 7.29. The van der Waals surface area contributed by atoms with Crippen LogP contribution in [0, 0.1) is 5.92 Å². The van der Waals surface area contributed by atoms with Gasteiger partial charge >= 0.3 is 0 Å². The van der Waals surface area contributed by atoms with Crippen molar-refractivity contribution < 1.29 is 24.0 Å². The monoisotopic (exact) mass is 484 g/mol. The second-order valence-corrected chi connectivity index (χ2v) is 8.03. The molecule has 0 saturated carbocycles. The predicted octanol–water partition coefficient (Wildman–Crippen LogP) is -2.04. The van der Waals surface area contributed by atoms with E-state index in [-0.39, 0.29) is 43.6 Å². The summed E-state index contributed by atoms with van der Waals surface area (Å²) >= 11 is 0. The van der Waals surface area contributed by atoms with Crippen molar-refractivity contribution in [3.05, 3.63) is 0 Å². The Kier molecular flexibility index (Phi) is 14.6. The van der Waals surface area contributed by atoms with Gasteiger partial charge in [-0.25, -0.2) is 0 Å². The number of hydrogen-bond acceptors (Lipinski definition) is 6. The Balaban J connectivity index is 5.51. The molecule has 34 heavy (non-hydrogen) atoms. The molecule has 10 N–H and O–H groups in total. The molecule has 0 aliphatic heterocycles. The third-order valence-electron chi connectivity index (χ3n) is 5.10. The Morgan fingerprint density at radius 3 is 1.97 bits per heavy atom. The minimum Gasteiger partial charge on any atom is -0.370 e. The summed E-state index contributed by atoms with van der Waals surface area (Å²) in [7, 11) is 0. The van der Waals surface area contributed by atoms with Gasteiger partial charge in [-0.15, -0.1) is 0 Å². The first-order valence-electron chi connectivity index (χ1n) is 11.4. The van der Waals surface area contributed by atoms with Crippen molar-refractivity contribution in [2.24, 2.45) is 28.1 Å². The molecule has 13 heteroatoms. The van der Waals surface area contributed by atoms with Gasteiger partial charge in [0.25, 0.3) is 0 Å². The molecule has 0 rings (SSSR count). The lowest BCUT2D eigenvalue weighted by atomic mass is 9.96. The van der Waals surface area contributed by atoms with E-state index in [1.165, 1.54) is 6.92 Å². The van der Waals surface area contributed by atoms with Gasteiger partial charge in [0.15, 0.2) is 5.96 Å². The molecule has 0 fully saturated rings. The zero-order valence-electron chi connectivity index (χ0n) is 20.5. The average Bonchev–Trinajstić information content (AvgIpc) is 2.75. The standard InChI is InChI=1S/C21H40N8O5/c1-5-12(3)17(29-19(33)15(27-13(4)30)9-10-16(22)31)20(34)28-14(18(32)25-6-2)8-7-11-26-21(23)24/h12,14-15,17H,5-11H2,1-4H3,(H2,22,31)(H,25,32)(H,27,30)(H,28,34)(H,29,33)(H4,23,24,26)/t12-,14-,15-,17-/m0/s1. The van der Waals surface area contributed by atoms with Crippen LogP contribution < -0.4 is 38.5 Å². The highest BCUT2D eigenvalue weighted by Gasteiger charge is 2.32. The molecule has 0 aliphatic rings. The van der Waals surface area contributed by atoms with Gasteiger partial charge in [0.1, 0.15) is 18.1 Å². The molecule has 0 spiro atoms. The number of carbonyl (C=O) groups excluding carboxylic acids is 5. The third kappa shape index (κ3) is 12.6. The summed E-state index contributed by atoms with van der Waals surface area (Å²) in [4.78, 5) is 65.0. The van der Waals surface area contributed by atoms with Crippen molar-refractivity contribution in [2.75, 3.05) is 13.1 Å². The fraction of sp³-hybridized carbons (Fsp3) is 0.714. The van der Waals surface area contributed by atoms with E-state index < -0.39 is 41.8 Å². The quantitative estimate of drug-likeness (QED) is 0.0737. The predicted molar refractivity (Wildman–Crippen MR) is 128 cm³/mol. The van der Waals surface area contributed by atoms with E-state index >= 15 is 0 Å². The summed E-state index contributed by atoms with van der Waals surface area (Å²) in [6, 6.07) is -2.87. The maximum absolute atomic E-state index is 13.1. The number of guanidine groups is 1. The highest BCUT2D eigenvalue weighted by molar-refractivity contribution is 5.94. The number of nitrogens with zero attached hydrogens (tertiary/aromatic N) is 1. The molecule has 0 aromatic rings. The number of hydrogen-bond donors (Lipinski definition) is 7. The van der Waals surface area contributed by atoms with Crippen molar-refractivity contribution in [3.63, 3.8) is 0 Å². The van der Waals surface area contributed by atoms with Gasteiger partial charge in [-0.3, -0.25) is 29.0 Å². The number of amides is 5. The van der Waals surface area contributed by atoms with Crippen molar-refractivity contribution in [3.8, 4) is 0 Å². The van der Waals surface area contributed by atoms with E-state index in [0.717, 1.165) is 0 Å². The van der Waals surface area contributed by atoms with Gasteiger partial charge in [-0.1, -0.05) is 20.3 Å². The van der Waals surface area contributed by atoms with E-state index in [4.69, 9.17) is 17.2 Å². The van der Waals surface area contributed by atoms with Crippen molar-refractivity contribution >= 4 is 35.5 Å². The zero-order chi connectivity index (χ0) is 26.3. The first-order chi connectivity index (χ1) is 15.9. The van der Waals surface area contributed by atoms with E-state index in [2.05, 4.69) is 26.3 Å². The number of nitrogens with one attached hydrogen (secondary N) is 4. The Morgan fingerprint density at radius 1 is 0.853 bits per heavy atom. The van der Waals surface area contributed by atoms with Crippen LogP contribution in [0.4, 0.5) is 0 Å². The first-order valence-corrected chi connectivity index (χ1v) is 11.4. The molecule has 4 atom stereocenters. The molecule has 0 aromatic carbocycles. The van der Waals surface area contributed by atoms with E-state index in [9.17, 15) is 24.0 Å². The lowest BCUT2D eigenvalue weighted by molar-refractivity contribution is -0.134. The van der Waals surface area contributed by atoms with E-state index in [0.29, 0.717) is 19.4 Å². The van der Waals surface area contributed by atoms with Crippen molar-refractivity contribution in [1.82, 2.24) is 21.3 Å². The molecule has 0 aliphatic carbocycles. The fourth-order valence-corrected chi connectivity index (χ4v) is 3.09. The van der Waals surface area contributed by atoms with Gasteiger partial charge in [0.2, 0.25) is 29.5 Å². The van der Waals surface area contributed by atoms with Crippen LogP contribution in [0.5, 0.6) is 0 Å². The topological polar surface area (TPSA) is 224 Å². The normalized spacial score (nSPS) is 14.0. The maximum Gasteiger partial charge on any atom is 0.243 e. The second-order valence-electron chi connectivity index (χ2n) is 8.03. The molecular weight excluding hydrogens is 444 g/mol. The second kappa shape index (κ2) is 16.3.